The van der Waals surface area contributed by atoms with Gasteiger partial charge in [0.2, 0.25) is 0 Å². The van der Waals surface area contributed by atoms with Crippen LogP contribution in [0, 0.1) is 0 Å². The molecule has 2 aromatic rings. The second kappa shape index (κ2) is 4.57. The van der Waals surface area contributed by atoms with E-state index in [1.54, 1.807) is 36.4 Å². The van der Waals surface area contributed by atoms with E-state index in [9.17, 15) is 9.90 Å². The highest BCUT2D eigenvalue weighted by atomic mass is 16.5. The fraction of sp³-hybridized carbons (Fsp3) is 0. The molecule has 0 aliphatic rings. The van der Waals surface area contributed by atoms with E-state index in [1.165, 1.54) is 12.1 Å². The first-order valence-corrected chi connectivity index (χ1v) is 5.03. The molecule has 0 radical (unpaired) electrons. The molecule has 0 aromatic heterocycles. The van der Waals surface area contributed by atoms with Crippen LogP contribution in [-0.2, 0) is 0 Å². The van der Waals surface area contributed by atoms with Crippen molar-refractivity contribution in [3.8, 4) is 11.5 Å². The van der Waals surface area contributed by atoms with Gasteiger partial charge in [-0.1, -0.05) is 24.3 Å². The van der Waals surface area contributed by atoms with Gasteiger partial charge in [-0.05, 0) is 24.3 Å². The summed E-state index contributed by atoms with van der Waals surface area (Å²) in [5.74, 6) is -0.467. The predicted octanol–water partition coefficient (Wildman–Crippen LogP) is 2.19. The molecule has 0 heterocycles. The molecule has 2 rings (SSSR count). The lowest BCUT2D eigenvalue weighted by Crippen LogP contribution is -2.09. The lowest BCUT2D eigenvalue weighted by molar-refractivity contribution is 0.0735. The first kappa shape index (κ1) is 11.0. The number of aromatic hydroxyl groups is 1. The quantitative estimate of drug-likeness (QED) is 0.358. The van der Waals surface area contributed by atoms with E-state index < -0.39 is 5.97 Å². The molecule has 4 nitrogen and oxygen atoms in total. The van der Waals surface area contributed by atoms with Crippen molar-refractivity contribution in [1.29, 1.82) is 0 Å². The van der Waals surface area contributed by atoms with Gasteiger partial charge in [-0.15, -0.1) is 0 Å². The van der Waals surface area contributed by atoms with Crippen LogP contribution in [0.2, 0.25) is 0 Å². The Hall–Kier alpha value is -2.49. The van der Waals surface area contributed by atoms with Crippen LogP contribution in [0.5, 0.6) is 11.5 Å². The van der Waals surface area contributed by atoms with Gasteiger partial charge in [-0.3, -0.25) is 0 Å². The Balaban J connectivity index is 2.22. The van der Waals surface area contributed by atoms with Crippen molar-refractivity contribution in [2.75, 3.05) is 5.73 Å². The molecule has 0 saturated carbocycles. The van der Waals surface area contributed by atoms with E-state index >= 15 is 0 Å². The third-order valence-electron chi connectivity index (χ3n) is 2.26. The number of nitrogen functional groups attached to an aromatic ring is 1. The number of benzene rings is 2. The van der Waals surface area contributed by atoms with Gasteiger partial charge >= 0.3 is 5.97 Å². The number of rotatable bonds is 2. The fourth-order valence-corrected chi connectivity index (χ4v) is 1.35. The van der Waals surface area contributed by atoms with Crippen molar-refractivity contribution in [2.45, 2.75) is 0 Å². The second-order valence-electron chi connectivity index (χ2n) is 3.44. The molecule has 86 valence electrons. The van der Waals surface area contributed by atoms with Crippen molar-refractivity contribution < 1.29 is 14.6 Å². The van der Waals surface area contributed by atoms with Crippen LogP contribution in [-0.4, -0.2) is 11.1 Å². The monoisotopic (exact) mass is 229 g/mol. The third-order valence-corrected chi connectivity index (χ3v) is 2.26. The number of phenols is 1. The first-order valence-electron chi connectivity index (χ1n) is 5.03. The minimum atomic E-state index is -0.511. The number of anilines is 1. The Morgan fingerprint density at radius 2 is 1.76 bits per heavy atom. The molecular weight excluding hydrogens is 218 g/mol. The summed E-state index contributed by atoms with van der Waals surface area (Å²) in [6.45, 7) is 0. The van der Waals surface area contributed by atoms with E-state index in [0.29, 0.717) is 5.56 Å². The zero-order valence-corrected chi connectivity index (χ0v) is 8.96. The molecule has 0 fully saturated rings. The topological polar surface area (TPSA) is 72.6 Å². The van der Waals surface area contributed by atoms with Crippen LogP contribution >= 0.6 is 0 Å². The number of nitrogens with two attached hydrogens (primary N) is 1. The Kier molecular flexibility index (Phi) is 2.96. The minimum Gasteiger partial charge on any atom is -0.506 e. The number of para-hydroxylation sites is 1. The van der Waals surface area contributed by atoms with Crippen molar-refractivity contribution in [1.82, 2.24) is 0 Å². The van der Waals surface area contributed by atoms with Crippen LogP contribution in [0.25, 0.3) is 0 Å². The zero-order valence-electron chi connectivity index (χ0n) is 8.96. The first-order chi connectivity index (χ1) is 8.18. The summed E-state index contributed by atoms with van der Waals surface area (Å²) in [7, 11) is 0. The normalized spacial score (nSPS) is 9.88. The number of ether oxygens (including phenoxy) is 1. The fourth-order valence-electron chi connectivity index (χ4n) is 1.35. The Morgan fingerprint density at radius 3 is 2.47 bits per heavy atom. The van der Waals surface area contributed by atoms with Crippen molar-refractivity contribution in [3.05, 3.63) is 54.1 Å². The average molecular weight is 229 g/mol. The van der Waals surface area contributed by atoms with Gasteiger partial charge in [0.25, 0.3) is 0 Å². The predicted molar refractivity (Wildman–Crippen MR) is 63.9 cm³/mol. The Morgan fingerprint density at radius 1 is 1.06 bits per heavy atom. The summed E-state index contributed by atoms with van der Waals surface area (Å²) in [4.78, 5) is 11.7. The molecule has 0 amide bonds. The van der Waals surface area contributed by atoms with Gasteiger partial charge in [-0.25, -0.2) is 4.79 Å². The van der Waals surface area contributed by atoms with E-state index in [1.807, 2.05) is 0 Å². The number of phenolic OH excluding ortho intramolecular Hbond substituents is 1. The zero-order chi connectivity index (χ0) is 12.3. The van der Waals surface area contributed by atoms with Crippen LogP contribution in [0.3, 0.4) is 0 Å². The van der Waals surface area contributed by atoms with Gasteiger partial charge < -0.3 is 15.6 Å². The summed E-state index contributed by atoms with van der Waals surface area (Å²) >= 11 is 0. The van der Waals surface area contributed by atoms with Gasteiger partial charge in [0.1, 0.15) is 11.4 Å². The summed E-state index contributed by atoms with van der Waals surface area (Å²) in [6.07, 6.45) is 0. The van der Waals surface area contributed by atoms with Gasteiger partial charge in [0, 0.05) is 0 Å². The number of carbonyl (C=O) groups excluding carboxylic acids is 1. The van der Waals surface area contributed by atoms with E-state index in [2.05, 4.69) is 0 Å². The molecular formula is C13H11NO3. The molecule has 0 spiro atoms. The van der Waals surface area contributed by atoms with Gasteiger partial charge in [-0.2, -0.15) is 0 Å². The SMILES string of the molecule is Nc1c(O)cccc1OC(=O)c1ccccc1. The molecule has 4 heteroatoms. The van der Waals surface area contributed by atoms with E-state index in [4.69, 9.17) is 10.5 Å². The maximum atomic E-state index is 11.7. The Bertz CT molecular complexity index is 538. The van der Waals surface area contributed by atoms with Crippen LogP contribution < -0.4 is 10.5 Å². The molecule has 0 bridgehead atoms. The average Bonchev–Trinajstić information content (AvgIpc) is 2.36. The molecule has 0 atom stereocenters. The van der Waals surface area contributed by atoms with E-state index in [0.717, 1.165) is 0 Å². The number of carbonyl (C=O) groups is 1. The maximum Gasteiger partial charge on any atom is 0.343 e. The van der Waals surface area contributed by atoms with Crippen LogP contribution in [0.15, 0.2) is 48.5 Å². The summed E-state index contributed by atoms with van der Waals surface area (Å²) in [6, 6.07) is 13.1. The number of hydrogen-bond donors (Lipinski definition) is 2. The summed E-state index contributed by atoms with van der Waals surface area (Å²) in [5.41, 5.74) is 6.06. The highest BCUT2D eigenvalue weighted by Crippen LogP contribution is 2.30. The smallest absolute Gasteiger partial charge is 0.343 e. The third kappa shape index (κ3) is 2.36. The van der Waals surface area contributed by atoms with Crippen LogP contribution in [0.1, 0.15) is 10.4 Å². The Labute approximate surface area is 98.3 Å². The van der Waals surface area contributed by atoms with Gasteiger partial charge in [0.15, 0.2) is 5.75 Å². The molecule has 0 saturated heterocycles. The molecule has 3 N–H and O–H groups in total. The lowest BCUT2D eigenvalue weighted by atomic mass is 10.2. The highest BCUT2D eigenvalue weighted by Gasteiger charge is 2.11. The van der Waals surface area contributed by atoms with Crippen molar-refractivity contribution in [3.63, 3.8) is 0 Å². The van der Waals surface area contributed by atoms with Crippen molar-refractivity contribution in [2.24, 2.45) is 0 Å². The molecule has 17 heavy (non-hydrogen) atoms. The molecule has 2 aromatic carbocycles. The highest BCUT2D eigenvalue weighted by molar-refractivity contribution is 5.91. The standard InChI is InChI=1S/C13H11NO3/c14-12-10(15)7-4-8-11(12)17-13(16)9-5-2-1-3-6-9/h1-8,15H,14H2. The number of hydrogen-bond acceptors (Lipinski definition) is 4. The van der Waals surface area contributed by atoms with Crippen molar-refractivity contribution >= 4 is 11.7 Å². The summed E-state index contributed by atoms with van der Waals surface area (Å²) in [5, 5.41) is 9.37. The molecule has 0 unspecified atom stereocenters. The summed E-state index contributed by atoms with van der Waals surface area (Å²) < 4.78 is 5.09. The van der Waals surface area contributed by atoms with E-state index in [-0.39, 0.29) is 17.2 Å². The minimum absolute atomic E-state index is 0.0526. The maximum absolute atomic E-state index is 11.7. The molecule has 0 aliphatic heterocycles. The second-order valence-corrected chi connectivity index (χ2v) is 3.44. The van der Waals surface area contributed by atoms with Crippen LogP contribution in [0.4, 0.5) is 5.69 Å². The largest absolute Gasteiger partial charge is 0.506 e. The lowest BCUT2D eigenvalue weighted by Gasteiger charge is -2.07. The molecule has 0 aliphatic carbocycles. The van der Waals surface area contributed by atoms with Gasteiger partial charge in [0.05, 0.1) is 5.56 Å². The number of esters is 1.